The summed E-state index contributed by atoms with van der Waals surface area (Å²) in [6, 6.07) is -9.03. The Morgan fingerprint density at radius 1 is 0.634 bits per heavy atom. The van der Waals surface area contributed by atoms with Crippen LogP contribution in [-0.2, 0) is 77.9 Å². The fourth-order valence-electron chi connectivity index (χ4n) is 13.4. The maximum absolute atomic E-state index is 15.9. The van der Waals surface area contributed by atoms with Crippen LogP contribution >= 0.6 is 0 Å². The van der Waals surface area contributed by atoms with Gasteiger partial charge in [0.1, 0.15) is 71.1 Å². The number of rotatable bonds is 12. The van der Waals surface area contributed by atoms with Crippen molar-refractivity contribution < 1.29 is 96.6 Å². The van der Waals surface area contributed by atoms with Gasteiger partial charge in [0, 0.05) is 73.6 Å². The van der Waals surface area contributed by atoms with E-state index in [0.29, 0.717) is 36.3 Å². The summed E-state index contributed by atoms with van der Waals surface area (Å²) in [6.45, 7) is 12.0. The van der Waals surface area contributed by atoms with E-state index in [1.807, 2.05) is 13.8 Å². The molecule has 4 aliphatic rings. The van der Waals surface area contributed by atoms with Crippen molar-refractivity contribution in [1.29, 1.82) is 0 Å². The molecule has 2 aromatic rings. The average Bonchev–Trinajstić information content (AvgIpc) is 1.75. The normalized spacial score (nSPS) is 26.5. The predicted molar refractivity (Wildman–Crippen MR) is 348 cm³/mol. The minimum absolute atomic E-state index is 0.00680. The van der Waals surface area contributed by atoms with Gasteiger partial charge in [0.15, 0.2) is 0 Å². The van der Waals surface area contributed by atoms with Crippen LogP contribution in [0.1, 0.15) is 149 Å². The first-order chi connectivity index (χ1) is 46.9. The minimum Gasteiger partial charge on any atom is -0.343 e. The standard InChI is InChI=1S/C69H95F10N11O11/c1-15-38(6)55-63(99)85(12)41(9)59(95)89-28-25-48(89)62(98)88(17-3)50(33-42-19-22-44(23-20-42)68(74,75)76)61(97)83(10)35-52(91)80-47(24-21-43-31-45(70)54(46(71)32-43)69(77,78)79)60(96)90-36-67(72,73)34-51(90)58(94)82-66(26-18-27-66)65(101)87(14)56(39(7)16-2)64(100)84(11)40(8)30-53(92)86(13)49(29-37(4)5)57(93)81-55/h19-20,22-23,31-32,37-41,47-51,55-56H,15-18,21,24-30,33-36H2,1-14H3,(H,80,91)(H,81,93)(H,82,94)/t38-,39-,40+,41-,47-,48-,49-,50-,51-,55-,56-/m0/s1. The molecule has 11 atom stereocenters. The molecule has 3 saturated heterocycles. The van der Waals surface area contributed by atoms with Crippen molar-refractivity contribution in [3.8, 4) is 0 Å². The number of likely N-dealkylation sites (N-methyl/N-ethyl adjacent to an activating group) is 6. The van der Waals surface area contributed by atoms with E-state index in [1.165, 1.54) is 51.8 Å². The van der Waals surface area contributed by atoms with Gasteiger partial charge in [-0.15, -0.1) is 0 Å². The molecule has 3 aliphatic heterocycles. The average molecular weight is 1440 g/mol. The fraction of sp³-hybridized carbons (Fsp3) is 0.667. The number of amides is 11. The Balaban J connectivity index is 1.46. The number of fused-ring (bicyclic) bond motifs is 2. The van der Waals surface area contributed by atoms with Crippen LogP contribution in [0.15, 0.2) is 36.4 Å². The molecule has 22 nitrogen and oxygen atoms in total. The second-order valence-electron chi connectivity index (χ2n) is 28.0. The lowest BCUT2D eigenvalue weighted by atomic mass is 9.74. The Hall–Kier alpha value is -8.09. The van der Waals surface area contributed by atoms with Gasteiger partial charge in [-0.3, -0.25) is 52.7 Å². The van der Waals surface area contributed by atoms with Crippen LogP contribution in [0.4, 0.5) is 43.9 Å². The molecule has 0 radical (unpaired) electrons. The van der Waals surface area contributed by atoms with Crippen molar-refractivity contribution >= 4 is 65.0 Å². The summed E-state index contributed by atoms with van der Waals surface area (Å²) in [5.41, 5.74) is -5.63. The van der Waals surface area contributed by atoms with Crippen LogP contribution in [-0.4, -0.2) is 231 Å². The van der Waals surface area contributed by atoms with Gasteiger partial charge in [0.2, 0.25) is 65.0 Å². The number of carbonyl (C=O) groups excluding carboxylic acids is 11. The van der Waals surface area contributed by atoms with Crippen molar-refractivity contribution in [2.45, 2.75) is 218 Å². The molecule has 0 aromatic heterocycles. The number of carbonyl (C=O) groups is 11. The van der Waals surface area contributed by atoms with E-state index in [0.717, 1.165) is 55.8 Å². The van der Waals surface area contributed by atoms with Gasteiger partial charge in [-0.25, -0.2) is 17.6 Å². The number of nitrogens with zero attached hydrogens (tertiary/aromatic N) is 8. The maximum atomic E-state index is 15.9. The molecule has 3 N–H and O–H groups in total. The summed E-state index contributed by atoms with van der Waals surface area (Å²) in [5.74, 6) is -19.5. The number of aryl methyl sites for hydroxylation is 1. The fourth-order valence-corrected chi connectivity index (χ4v) is 13.4. The highest BCUT2D eigenvalue weighted by atomic mass is 19.4. The van der Waals surface area contributed by atoms with Gasteiger partial charge in [0.05, 0.1) is 18.7 Å². The number of hydrogen-bond donors (Lipinski definition) is 3. The summed E-state index contributed by atoms with van der Waals surface area (Å²) < 4.78 is 145. The summed E-state index contributed by atoms with van der Waals surface area (Å²) in [5, 5.41) is 7.73. The van der Waals surface area contributed by atoms with E-state index in [4.69, 9.17) is 0 Å². The van der Waals surface area contributed by atoms with Crippen molar-refractivity contribution in [3.05, 3.63) is 70.3 Å². The molecule has 6 rings (SSSR count). The Bertz CT molecular complexity index is 3390. The number of alkyl halides is 8. The van der Waals surface area contributed by atoms with Crippen LogP contribution < -0.4 is 16.0 Å². The third-order valence-electron chi connectivity index (χ3n) is 20.5. The highest BCUT2D eigenvalue weighted by Gasteiger charge is 2.56. The van der Waals surface area contributed by atoms with E-state index in [2.05, 4.69) is 16.0 Å². The quantitative estimate of drug-likeness (QED) is 0.191. The van der Waals surface area contributed by atoms with Crippen LogP contribution in [0.5, 0.6) is 0 Å². The highest BCUT2D eigenvalue weighted by Crippen LogP contribution is 2.40. The Kier molecular flexibility index (Phi) is 26.7. The van der Waals surface area contributed by atoms with Gasteiger partial charge in [-0.1, -0.05) is 66.5 Å². The molecule has 1 saturated carbocycles. The predicted octanol–water partition coefficient (Wildman–Crippen LogP) is 6.59. The van der Waals surface area contributed by atoms with Gasteiger partial charge in [-0.05, 0) is 119 Å². The zero-order chi connectivity index (χ0) is 76.0. The van der Waals surface area contributed by atoms with Crippen LogP contribution in [0.3, 0.4) is 0 Å². The largest absolute Gasteiger partial charge is 0.422 e. The van der Waals surface area contributed by atoms with Crippen molar-refractivity contribution in [1.82, 2.24) is 55.1 Å². The monoisotopic (exact) mass is 1440 g/mol. The van der Waals surface area contributed by atoms with Crippen molar-refractivity contribution in [2.75, 3.05) is 61.4 Å². The summed E-state index contributed by atoms with van der Waals surface area (Å²) in [6.07, 6.45) is -13.2. The molecular weight excluding hydrogens is 1350 g/mol. The van der Waals surface area contributed by atoms with E-state index in [9.17, 15) is 69.5 Å². The van der Waals surface area contributed by atoms with Gasteiger partial charge >= 0.3 is 12.4 Å². The molecule has 32 heteroatoms. The molecule has 3 heterocycles. The number of nitrogens with one attached hydrogen (secondary N) is 3. The van der Waals surface area contributed by atoms with E-state index in [1.54, 1.807) is 34.6 Å². The first kappa shape index (κ1) is 81.9. The second kappa shape index (κ2) is 32.9. The molecule has 562 valence electrons. The zero-order valence-corrected chi connectivity index (χ0v) is 59.6. The summed E-state index contributed by atoms with van der Waals surface area (Å²) >= 11 is 0. The number of hydrogen-bond acceptors (Lipinski definition) is 11. The number of halogens is 10. The lowest BCUT2D eigenvalue weighted by Gasteiger charge is -2.46. The Morgan fingerprint density at radius 2 is 1.23 bits per heavy atom. The van der Waals surface area contributed by atoms with Gasteiger partial charge in [-0.2, -0.15) is 26.3 Å². The molecule has 4 fully saturated rings. The highest BCUT2D eigenvalue weighted by molar-refractivity contribution is 6.00. The molecule has 1 aliphatic carbocycles. The van der Waals surface area contributed by atoms with Crippen LogP contribution in [0.2, 0.25) is 0 Å². The van der Waals surface area contributed by atoms with E-state index >= 15 is 27.2 Å². The van der Waals surface area contributed by atoms with Crippen LogP contribution in [0.25, 0.3) is 0 Å². The first-order valence-electron chi connectivity index (χ1n) is 34.1. The third kappa shape index (κ3) is 18.8. The lowest BCUT2D eigenvalue weighted by Crippen LogP contribution is -2.68. The van der Waals surface area contributed by atoms with Gasteiger partial charge in [0.25, 0.3) is 5.92 Å². The molecule has 0 unspecified atom stereocenters. The molecular formula is C69H95F10N11O11. The van der Waals surface area contributed by atoms with Crippen molar-refractivity contribution in [2.24, 2.45) is 17.8 Å². The summed E-state index contributed by atoms with van der Waals surface area (Å²) in [4.78, 5) is 170. The maximum Gasteiger partial charge on any atom is 0.422 e. The third-order valence-corrected chi connectivity index (χ3v) is 20.5. The smallest absolute Gasteiger partial charge is 0.343 e. The lowest BCUT2D eigenvalue weighted by molar-refractivity contribution is -0.160. The molecule has 1 spiro atoms. The Morgan fingerprint density at radius 3 is 1.73 bits per heavy atom. The SMILES string of the molecule is CC[C@H](C)[C@@H]1NC(=O)[C@H](CC(C)C)N(C)C(=O)C[C@@H](C)N(C)C(=O)[C@H]([C@@H](C)CC)N(C)C(=O)C2(CCC2)NC(=O)[C@@H]2CC(F)(F)CN2C(=O)[C@H](CCc2cc(F)c(C(F)(F)F)c(F)c2)NC(=O)CN(C)C(=O)[C@H](Cc2ccc(C(F)(F)F)cc2)N(CC)C(=O)[C@@H]2CCN2C(=O)[C@H](C)N(C)C1=O. The topological polar surface area (TPSA) is 250 Å². The molecule has 0 bridgehead atoms. The molecule has 2 aromatic carbocycles. The molecule has 101 heavy (non-hydrogen) atoms. The summed E-state index contributed by atoms with van der Waals surface area (Å²) in [7, 11) is 6.51. The van der Waals surface area contributed by atoms with E-state index < -0.39 is 222 Å². The van der Waals surface area contributed by atoms with E-state index in [-0.39, 0.29) is 56.7 Å². The van der Waals surface area contributed by atoms with Crippen LogP contribution in [0, 0.1) is 29.4 Å². The Labute approximate surface area is 581 Å². The van der Waals surface area contributed by atoms with Gasteiger partial charge < -0.3 is 55.1 Å². The van der Waals surface area contributed by atoms with Crippen molar-refractivity contribution in [3.63, 3.8) is 0 Å². The first-order valence-corrected chi connectivity index (χ1v) is 34.1. The second-order valence-corrected chi connectivity index (χ2v) is 28.0. The minimum atomic E-state index is -5.50. The molecule has 11 amide bonds. The number of benzene rings is 2. The zero-order valence-electron chi connectivity index (χ0n) is 59.6.